The maximum atomic E-state index is 11.2. The summed E-state index contributed by atoms with van der Waals surface area (Å²) in [7, 11) is 0. The third-order valence-corrected chi connectivity index (χ3v) is 3.78. The van der Waals surface area contributed by atoms with E-state index in [1.165, 1.54) is 24.0 Å². The molecule has 0 aliphatic heterocycles. The number of carboxylic acid groups (broad SMARTS) is 1. The Hall–Kier alpha value is -1.51. The third kappa shape index (κ3) is 2.14. The molecule has 1 aromatic carbocycles. The second-order valence-corrected chi connectivity index (χ2v) is 5.13. The Bertz CT molecular complexity index is 452. The summed E-state index contributed by atoms with van der Waals surface area (Å²) in [4.78, 5) is 11.2. The molecule has 3 nitrogen and oxygen atoms in total. The van der Waals surface area contributed by atoms with Crippen LogP contribution in [0.15, 0.2) is 18.2 Å². The van der Waals surface area contributed by atoms with Crippen LogP contribution in [0.25, 0.3) is 0 Å². The van der Waals surface area contributed by atoms with Crippen molar-refractivity contribution in [3.63, 3.8) is 0 Å². The van der Waals surface area contributed by atoms with E-state index in [4.69, 9.17) is 0 Å². The van der Waals surface area contributed by atoms with Crippen LogP contribution in [-0.2, 0) is 17.6 Å². The summed E-state index contributed by atoms with van der Waals surface area (Å²) in [6.07, 6.45) is 5.60. The lowest BCUT2D eigenvalue weighted by molar-refractivity contribution is -0.138. The zero-order valence-electron chi connectivity index (χ0n) is 9.78. The molecule has 0 saturated heterocycles. The molecule has 2 aliphatic carbocycles. The van der Waals surface area contributed by atoms with E-state index in [9.17, 15) is 9.90 Å². The van der Waals surface area contributed by atoms with Crippen LogP contribution >= 0.6 is 0 Å². The van der Waals surface area contributed by atoms with Gasteiger partial charge in [-0.25, -0.2) is 4.79 Å². The average molecular weight is 231 g/mol. The van der Waals surface area contributed by atoms with Crippen LogP contribution in [0.5, 0.6) is 0 Å². The molecular weight excluding hydrogens is 214 g/mol. The highest BCUT2D eigenvalue weighted by atomic mass is 16.4. The second-order valence-electron chi connectivity index (χ2n) is 5.13. The fourth-order valence-corrected chi connectivity index (χ4v) is 2.65. The van der Waals surface area contributed by atoms with Crippen molar-refractivity contribution in [3.05, 3.63) is 29.3 Å². The number of aliphatic carboxylic acids is 1. The summed E-state index contributed by atoms with van der Waals surface area (Å²) in [6, 6.07) is 5.87. The van der Waals surface area contributed by atoms with Crippen LogP contribution in [0.3, 0.4) is 0 Å². The van der Waals surface area contributed by atoms with Crippen molar-refractivity contribution in [1.82, 2.24) is 0 Å². The summed E-state index contributed by atoms with van der Waals surface area (Å²) in [5.41, 5.74) is 3.77. The minimum atomic E-state index is -0.729. The van der Waals surface area contributed by atoms with Crippen molar-refractivity contribution in [3.8, 4) is 0 Å². The molecule has 1 aromatic rings. The van der Waals surface area contributed by atoms with Crippen molar-refractivity contribution >= 4 is 11.7 Å². The number of anilines is 1. The smallest absolute Gasteiger partial charge is 0.326 e. The van der Waals surface area contributed by atoms with Crippen molar-refractivity contribution in [2.75, 3.05) is 5.32 Å². The summed E-state index contributed by atoms with van der Waals surface area (Å²) in [6.45, 7) is 0. The summed E-state index contributed by atoms with van der Waals surface area (Å²) in [5, 5.41) is 12.3. The number of hydrogen-bond acceptors (Lipinski definition) is 2. The van der Waals surface area contributed by atoms with Gasteiger partial charge in [-0.15, -0.1) is 0 Å². The van der Waals surface area contributed by atoms with E-state index in [2.05, 4.69) is 17.4 Å². The fourth-order valence-electron chi connectivity index (χ4n) is 2.65. The molecule has 17 heavy (non-hydrogen) atoms. The van der Waals surface area contributed by atoms with E-state index in [1.807, 2.05) is 6.07 Å². The number of carboxylic acids is 1. The topological polar surface area (TPSA) is 49.3 Å². The molecule has 1 fully saturated rings. The molecule has 0 heterocycles. The third-order valence-electron chi connectivity index (χ3n) is 3.78. The van der Waals surface area contributed by atoms with Gasteiger partial charge in [0.05, 0.1) is 0 Å². The van der Waals surface area contributed by atoms with Crippen LogP contribution in [0.4, 0.5) is 5.69 Å². The molecule has 1 unspecified atom stereocenters. The van der Waals surface area contributed by atoms with Crippen LogP contribution < -0.4 is 5.32 Å². The minimum Gasteiger partial charge on any atom is -0.480 e. The molecule has 0 bridgehead atoms. The van der Waals surface area contributed by atoms with Gasteiger partial charge in [-0.3, -0.25) is 0 Å². The standard InChI is InChI=1S/C14H17NO2/c16-14(17)13(10-4-5-10)15-12-7-6-9-2-1-3-11(9)8-12/h6-8,10,13,15H,1-5H2,(H,16,17). The van der Waals surface area contributed by atoms with Crippen molar-refractivity contribution in [2.24, 2.45) is 5.92 Å². The second kappa shape index (κ2) is 4.06. The van der Waals surface area contributed by atoms with E-state index >= 15 is 0 Å². The highest BCUT2D eigenvalue weighted by Gasteiger charge is 2.36. The van der Waals surface area contributed by atoms with Gasteiger partial charge >= 0.3 is 5.97 Å². The van der Waals surface area contributed by atoms with Crippen LogP contribution in [-0.4, -0.2) is 17.1 Å². The largest absolute Gasteiger partial charge is 0.480 e. The molecule has 0 radical (unpaired) electrons. The summed E-state index contributed by atoms with van der Waals surface area (Å²) < 4.78 is 0. The summed E-state index contributed by atoms with van der Waals surface area (Å²) >= 11 is 0. The molecule has 1 saturated carbocycles. The number of fused-ring (bicyclic) bond motifs is 1. The maximum absolute atomic E-state index is 11.2. The zero-order chi connectivity index (χ0) is 11.8. The quantitative estimate of drug-likeness (QED) is 0.836. The normalized spacial score (nSPS) is 19.8. The predicted molar refractivity (Wildman–Crippen MR) is 66.2 cm³/mol. The highest BCUT2D eigenvalue weighted by Crippen LogP contribution is 2.35. The number of carbonyl (C=O) groups is 1. The van der Waals surface area contributed by atoms with E-state index in [0.717, 1.165) is 24.9 Å². The molecule has 3 rings (SSSR count). The number of benzene rings is 1. The van der Waals surface area contributed by atoms with Gasteiger partial charge in [0.25, 0.3) is 0 Å². The van der Waals surface area contributed by atoms with Gasteiger partial charge in [0.2, 0.25) is 0 Å². The predicted octanol–water partition coefficient (Wildman–Crippen LogP) is 2.45. The first-order chi connectivity index (χ1) is 8.24. The van der Waals surface area contributed by atoms with Gasteiger partial charge in [0.15, 0.2) is 0 Å². The van der Waals surface area contributed by atoms with Gasteiger partial charge in [0, 0.05) is 5.69 Å². The Morgan fingerprint density at radius 2 is 2.06 bits per heavy atom. The SMILES string of the molecule is O=C(O)C(Nc1ccc2c(c1)CCC2)C1CC1. The van der Waals surface area contributed by atoms with Crippen molar-refractivity contribution in [1.29, 1.82) is 0 Å². The molecule has 90 valence electrons. The fraction of sp³-hybridized carbons (Fsp3) is 0.500. The molecule has 3 heteroatoms. The lowest BCUT2D eigenvalue weighted by Gasteiger charge is -2.15. The molecule has 2 aliphatic rings. The molecular formula is C14H17NO2. The van der Waals surface area contributed by atoms with E-state index in [0.29, 0.717) is 5.92 Å². The van der Waals surface area contributed by atoms with E-state index < -0.39 is 12.0 Å². The Morgan fingerprint density at radius 3 is 2.76 bits per heavy atom. The molecule has 0 aromatic heterocycles. The first-order valence-corrected chi connectivity index (χ1v) is 6.35. The first-order valence-electron chi connectivity index (χ1n) is 6.35. The van der Waals surface area contributed by atoms with Gasteiger partial charge in [-0.2, -0.15) is 0 Å². The number of rotatable bonds is 4. The molecule has 1 atom stereocenters. The van der Waals surface area contributed by atoms with Gasteiger partial charge in [-0.1, -0.05) is 6.07 Å². The highest BCUT2D eigenvalue weighted by molar-refractivity contribution is 5.78. The molecule has 0 amide bonds. The first kappa shape index (κ1) is 10.6. The Morgan fingerprint density at radius 1 is 1.29 bits per heavy atom. The van der Waals surface area contributed by atoms with Crippen LogP contribution in [0, 0.1) is 5.92 Å². The Balaban J connectivity index is 1.77. The number of nitrogens with one attached hydrogen (secondary N) is 1. The lowest BCUT2D eigenvalue weighted by atomic mass is 10.1. The molecule has 2 N–H and O–H groups in total. The minimum absolute atomic E-state index is 0.320. The van der Waals surface area contributed by atoms with E-state index in [1.54, 1.807) is 0 Å². The van der Waals surface area contributed by atoms with Crippen LogP contribution in [0.1, 0.15) is 30.4 Å². The average Bonchev–Trinajstić information content (AvgIpc) is 3.03. The van der Waals surface area contributed by atoms with Crippen molar-refractivity contribution < 1.29 is 9.90 Å². The number of hydrogen-bond donors (Lipinski definition) is 2. The monoisotopic (exact) mass is 231 g/mol. The lowest BCUT2D eigenvalue weighted by Crippen LogP contribution is -2.31. The number of aryl methyl sites for hydroxylation is 2. The summed E-state index contributed by atoms with van der Waals surface area (Å²) in [5.74, 6) is -0.409. The van der Waals surface area contributed by atoms with Gasteiger partial charge < -0.3 is 10.4 Å². The zero-order valence-corrected chi connectivity index (χ0v) is 9.78. The Kier molecular flexibility index (Phi) is 2.54. The van der Waals surface area contributed by atoms with Gasteiger partial charge in [-0.05, 0) is 61.3 Å². The molecule has 0 spiro atoms. The van der Waals surface area contributed by atoms with E-state index in [-0.39, 0.29) is 0 Å². The van der Waals surface area contributed by atoms with Crippen molar-refractivity contribution in [2.45, 2.75) is 38.1 Å². The maximum Gasteiger partial charge on any atom is 0.326 e. The Labute approximate surface area is 101 Å². The van der Waals surface area contributed by atoms with Crippen LogP contribution in [0.2, 0.25) is 0 Å². The van der Waals surface area contributed by atoms with Gasteiger partial charge in [0.1, 0.15) is 6.04 Å².